The second-order valence-electron chi connectivity index (χ2n) is 4.46. The molecule has 0 radical (unpaired) electrons. The number of carbonyl (C=O) groups is 1. The first-order valence-corrected chi connectivity index (χ1v) is 5.77. The summed E-state index contributed by atoms with van der Waals surface area (Å²) in [6.07, 6.45) is 1.53. The van der Waals surface area contributed by atoms with Crippen LogP contribution in [0.4, 0.5) is 0 Å². The van der Waals surface area contributed by atoms with Crippen LogP contribution in [-0.4, -0.2) is 63.6 Å². The van der Waals surface area contributed by atoms with Crippen LogP contribution in [0.25, 0.3) is 0 Å². The summed E-state index contributed by atoms with van der Waals surface area (Å²) in [4.78, 5) is 23.9. The Balaban J connectivity index is 1.88. The van der Waals surface area contributed by atoms with Crippen LogP contribution >= 0.6 is 0 Å². The molecule has 1 aromatic rings. The maximum absolute atomic E-state index is 10.9. The molecule has 0 aliphatic carbocycles. The van der Waals surface area contributed by atoms with Crippen molar-refractivity contribution in [1.82, 2.24) is 19.8 Å². The summed E-state index contributed by atoms with van der Waals surface area (Å²) < 4.78 is 0. The molecule has 0 saturated carbocycles. The van der Waals surface area contributed by atoms with Gasteiger partial charge < -0.3 is 5.11 Å². The van der Waals surface area contributed by atoms with Crippen LogP contribution < -0.4 is 0 Å². The van der Waals surface area contributed by atoms with Crippen LogP contribution in [0.3, 0.4) is 0 Å². The lowest BCUT2D eigenvalue weighted by Crippen LogP contribution is -2.57. The third-order valence-corrected chi connectivity index (χ3v) is 3.47. The fraction of sp³-hybridized carbons (Fsp3) is 0.545. The molecule has 3 aliphatic rings. The molecule has 0 aromatic carbocycles. The van der Waals surface area contributed by atoms with Crippen LogP contribution in [0.15, 0.2) is 12.3 Å². The highest BCUT2D eigenvalue weighted by atomic mass is 16.4. The van der Waals surface area contributed by atoms with E-state index in [2.05, 4.69) is 19.8 Å². The van der Waals surface area contributed by atoms with Gasteiger partial charge in [-0.25, -0.2) is 14.8 Å². The zero-order valence-electron chi connectivity index (χ0n) is 9.41. The molecule has 1 atom stereocenters. The van der Waals surface area contributed by atoms with Crippen LogP contribution in [0.1, 0.15) is 22.4 Å². The van der Waals surface area contributed by atoms with Gasteiger partial charge in [0.05, 0.1) is 6.04 Å². The van der Waals surface area contributed by atoms with Crippen LogP contribution in [-0.2, 0) is 0 Å². The van der Waals surface area contributed by atoms with Crippen molar-refractivity contribution in [1.29, 1.82) is 0 Å². The number of hydrogen-bond acceptors (Lipinski definition) is 5. The van der Waals surface area contributed by atoms with Crippen LogP contribution in [0.5, 0.6) is 0 Å². The van der Waals surface area contributed by atoms with E-state index in [1.807, 2.05) is 0 Å². The first-order valence-electron chi connectivity index (χ1n) is 5.77. The van der Waals surface area contributed by atoms with Crippen molar-refractivity contribution >= 4 is 5.97 Å². The Morgan fingerprint density at radius 3 is 2.71 bits per heavy atom. The molecule has 6 nitrogen and oxygen atoms in total. The maximum atomic E-state index is 10.9. The van der Waals surface area contributed by atoms with Gasteiger partial charge in [0, 0.05) is 38.9 Å². The molecule has 17 heavy (non-hydrogen) atoms. The minimum atomic E-state index is -0.995. The lowest BCUT2D eigenvalue weighted by atomic mass is 10.1. The highest BCUT2D eigenvalue weighted by Gasteiger charge is 2.34. The summed E-state index contributed by atoms with van der Waals surface area (Å²) in [5, 5.41) is 8.93. The molecule has 90 valence electrons. The summed E-state index contributed by atoms with van der Waals surface area (Å²) in [7, 11) is 0. The SMILES string of the molecule is O=C(O)c1ccnc(C2CN3CCN2CC3)n1. The van der Waals surface area contributed by atoms with E-state index in [-0.39, 0.29) is 11.7 Å². The summed E-state index contributed by atoms with van der Waals surface area (Å²) in [5.41, 5.74) is 0.0765. The smallest absolute Gasteiger partial charge is 0.354 e. The van der Waals surface area contributed by atoms with E-state index in [0.717, 1.165) is 32.7 Å². The summed E-state index contributed by atoms with van der Waals surface area (Å²) in [6.45, 7) is 5.13. The molecule has 3 saturated heterocycles. The molecule has 1 unspecified atom stereocenters. The average Bonchev–Trinajstić information content (AvgIpc) is 2.40. The number of aromatic nitrogens is 2. The standard InChI is InChI=1S/C11H14N4O2/c16-11(17)8-1-2-12-10(13-8)9-7-14-3-5-15(9)6-4-14/h1-2,9H,3-7H2,(H,16,17). The van der Waals surface area contributed by atoms with E-state index in [0.29, 0.717) is 5.82 Å². The molecule has 4 rings (SSSR count). The normalized spacial score (nSPS) is 31.4. The van der Waals surface area contributed by atoms with E-state index >= 15 is 0 Å². The summed E-state index contributed by atoms with van der Waals surface area (Å²) >= 11 is 0. The molecule has 2 bridgehead atoms. The molecular weight excluding hydrogens is 220 g/mol. The van der Waals surface area contributed by atoms with Gasteiger partial charge in [-0.2, -0.15) is 0 Å². The number of nitrogens with zero attached hydrogens (tertiary/aromatic N) is 4. The van der Waals surface area contributed by atoms with Crippen LogP contribution in [0, 0.1) is 0 Å². The van der Waals surface area contributed by atoms with Gasteiger partial charge in [-0.3, -0.25) is 9.80 Å². The predicted molar refractivity (Wildman–Crippen MR) is 59.7 cm³/mol. The van der Waals surface area contributed by atoms with E-state index in [1.165, 1.54) is 12.3 Å². The molecule has 3 fully saturated rings. The third kappa shape index (κ3) is 1.89. The molecular formula is C11H14N4O2. The van der Waals surface area contributed by atoms with E-state index in [1.54, 1.807) is 0 Å². The number of carboxylic acid groups (broad SMARTS) is 1. The van der Waals surface area contributed by atoms with Gasteiger partial charge in [-0.1, -0.05) is 0 Å². The fourth-order valence-corrected chi connectivity index (χ4v) is 2.52. The Kier molecular flexibility index (Phi) is 2.53. The van der Waals surface area contributed by atoms with Crippen molar-refractivity contribution in [2.45, 2.75) is 6.04 Å². The number of carboxylic acids is 1. The van der Waals surface area contributed by atoms with Crippen molar-refractivity contribution in [2.24, 2.45) is 0 Å². The molecule has 3 aliphatic heterocycles. The second-order valence-corrected chi connectivity index (χ2v) is 4.46. The van der Waals surface area contributed by atoms with Gasteiger partial charge in [0.15, 0.2) is 5.69 Å². The molecule has 1 N–H and O–H groups in total. The number of aromatic carboxylic acids is 1. The molecule has 0 spiro atoms. The second kappa shape index (κ2) is 4.05. The highest BCUT2D eigenvalue weighted by Crippen LogP contribution is 2.26. The number of rotatable bonds is 2. The first kappa shape index (κ1) is 10.6. The summed E-state index contributed by atoms with van der Waals surface area (Å²) in [6, 6.07) is 1.58. The Morgan fingerprint density at radius 1 is 1.35 bits per heavy atom. The van der Waals surface area contributed by atoms with Crippen LogP contribution in [0.2, 0.25) is 0 Å². The maximum Gasteiger partial charge on any atom is 0.354 e. The van der Waals surface area contributed by atoms with Gasteiger partial charge >= 0.3 is 5.97 Å². The largest absolute Gasteiger partial charge is 0.477 e. The lowest BCUT2D eigenvalue weighted by molar-refractivity contribution is 0.00850. The van der Waals surface area contributed by atoms with Gasteiger partial charge in [0.2, 0.25) is 0 Å². The lowest BCUT2D eigenvalue weighted by Gasteiger charge is -2.46. The van der Waals surface area contributed by atoms with Crippen molar-refractivity contribution in [2.75, 3.05) is 32.7 Å². The van der Waals surface area contributed by atoms with Crippen molar-refractivity contribution < 1.29 is 9.90 Å². The van der Waals surface area contributed by atoms with E-state index in [9.17, 15) is 4.79 Å². The number of piperazine rings is 3. The molecule has 6 heteroatoms. The zero-order valence-corrected chi connectivity index (χ0v) is 9.41. The minimum absolute atomic E-state index is 0.0765. The van der Waals surface area contributed by atoms with Crippen molar-refractivity contribution in [3.05, 3.63) is 23.8 Å². The molecule has 0 amide bonds. The molecule has 4 heterocycles. The van der Waals surface area contributed by atoms with Gasteiger partial charge in [0.25, 0.3) is 0 Å². The topological polar surface area (TPSA) is 69.6 Å². The van der Waals surface area contributed by atoms with E-state index in [4.69, 9.17) is 5.11 Å². The average molecular weight is 234 g/mol. The monoisotopic (exact) mass is 234 g/mol. The Labute approximate surface area is 98.9 Å². The molecule has 1 aromatic heterocycles. The Hall–Kier alpha value is -1.53. The van der Waals surface area contributed by atoms with Gasteiger partial charge in [-0.05, 0) is 6.07 Å². The Morgan fingerprint density at radius 2 is 2.12 bits per heavy atom. The van der Waals surface area contributed by atoms with Crippen molar-refractivity contribution in [3.8, 4) is 0 Å². The first-order chi connectivity index (χ1) is 8.24. The summed E-state index contributed by atoms with van der Waals surface area (Å²) in [5.74, 6) is -0.362. The van der Waals surface area contributed by atoms with Crippen molar-refractivity contribution in [3.63, 3.8) is 0 Å². The zero-order chi connectivity index (χ0) is 11.8. The van der Waals surface area contributed by atoms with Gasteiger partial charge in [-0.15, -0.1) is 0 Å². The Bertz CT molecular complexity index is 443. The third-order valence-electron chi connectivity index (χ3n) is 3.47. The highest BCUT2D eigenvalue weighted by molar-refractivity contribution is 5.85. The number of fused-ring (bicyclic) bond motifs is 3. The number of hydrogen-bond donors (Lipinski definition) is 1. The van der Waals surface area contributed by atoms with Gasteiger partial charge in [0.1, 0.15) is 5.82 Å². The fourth-order valence-electron chi connectivity index (χ4n) is 2.52. The quantitative estimate of drug-likeness (QED) is 0.767. The van der Waals surface area contributed by atoms with E-state index < -0.39 is 5.97 Å². The predicted octanol–water partition coefficient (Wildman–Crippen LogP) is -0.153. The minimum Gasteiger partial charge on any atom is -0.477 e.